The zero-order valence-corrected chi connectivity index (χ0v) is 22.2. The number of rotatable bonds is 4. The molecule has 186 valence electrons. The van der Waals surface area contributed by atoms with Gasteiger partial charge in [-0.05, 0) is 69.6 Å². The molecule has 6 aromatic rings. The van der Waals surface area contributed by atoms with Gasteiger partial charge in [0, 0.05) is 11.8 Å². The topological polar surface area (TPSA) is 38.4 Å². The molecule has 38 heavy (non-hydrogen) atoms. The minimum Gasteiger partial charge on any atom is -0.436 e. The standard InChI is InChI=1S/C35H30N2O/c1-23-19-20-28(27-14-6-5-13-26(23)27)29-16-10-18-32-33(29)37-34(38-32)30-15-7-8-17-31(30)36-22-24-11-9-12-25(21-24)35(2,3)4/h5-22H,1-4H3. The average Bonchev–Trinajstić information content (AvgIpc) is 3.37. The first-order valence-electron chi connectivity index (χ1n) is 13.0. The van der Waals surface area contributed by atoms with Crippen LogP contribution in [0.2, 0.25) is 0 Å². The second-order valence-corrected chi connectivity index (χ2v) is 10.8. The van der Waals surface area contributed by atoms with E-state index < -0.39 is 0 Å². The molecule has 0 N–H and O–H groups in total. The Kier molecular flexibility index (Phi) is 5.92. The molecular formula is C35H30N2O. The molecule has 0 aliphatic heterocycles. The normalized spacial score (nSPS) is 12.1. The van der Waals surface area contributed by atoms with Gasteiger partial charge in [-0.2, -0.15) is 0 Å². The van der Waals surface area contributed by atoms with E-state index in [1.54, 1.807) is 0 Å². The molecule has 0 aliphatic carbocycles. The molecule has 6 rings (SSSR count). The Hall–Kier alpha value is -4.50. The fourth-order valence-electron chi connectivity index (χ4n) is 4.96. The van der Waals surface area contributed by atoms with Crippen LogP contribution in [0.3, 0.4) is 0 Å². The fourth-order valence-corrected chi connectivity index (χ4v) is 4.96. The first-order valence-corrected chi connectivity index (χ1v) is 13.0. The number of para-hydroxylation sites is 2. The zero-order chi connectivity index (χ0) is 26.3. The van der Waals surface area contributed by atoms with Gasteiger partial charge in [0.1, 0.15) is 5.52 Å². The molecule has 0 aliphatic rings. The van der Waals surface area contributed by atoms with Gasteiger partial charge in [0.05, 0.1) is 11.3 Å². The third kappa shape index (κ3) is 4.41. The molecule has 0 saturated carbocycles. The first-order chi connectivity index (χ1) is 18.4. The lowest BCUT2D eigenvalue weighted by Gasteiger charge is -2.19. The Morgan fingerprint density at radius 2 is 1.45 bits per heavy atom. The molecule has 0 fully saturated rings. The van der Waals surface area contributed by atoms with Crippen molar-refractivity contribution in [1.29, 1.82) is 0 Å². The van der Waals surface area contributed by atoms with Crippen molar-refractivity contribution < 1.29 is 4.42 Å². The van der Waals surface area contributed by atoms with Gasteiger partial charge in [0.2, 0.25) is 5.89 Å². The van der Waals surface area contributed by atoms with Gasteiger partial charge in [-0.15, -0.1) is 0 Å². The Bertz CT molecular complexity index is 1820. The number of benzene rings is 5. The quantitative estimate of drug-likeness (QED) is 0.229. The van der Waals surface area contributed by atoms with Gasteiger partial charge < -0.3 is 4.42 Å². The monoisotopic (exact) mass is 494 g/mol. The summed E-state index contributed by atoms with van der Waals surface area (Å²) in [6.07, 6.45) is 1.92. The Morgan fingerprint density at radius 3 is 2.29 bits per heavy atom. The third-order valence-corrected chi connectivity index (χ3v) is 7.09. The molecule has 0 saturated heterocycles. The lowest BCUT2D eigenvalue weighted by molar-refractivity contribution is 0.590. The van der Waals surface area contributed by atoms with Crippen LogP contribution in [0.5, 0.6) is 0 Å². The summed E-state index contributed by atoms with van der Waals surface area (Å²) in [5.74, 6) is 0.569. The molecule has 1 heterocycles. The van der Waals surface area contributed by atoms with Crippen LogP contribution in [0.25, 0.3) is 44.5 Å². The number of hydrogen-bond acceptors (Lipinski definition) is 3. The Morgan fingerprint density at radius 1 is 0.711 bits per heavy atom. The highest BCUT2D eigenvalue weighted by Gasteiger charge is 2.17. The van der Waals surface area contributed by atoms with E-state index in [0.29, 0.717) is 5.89 Å². The molecule has 0 unspecified atom stereocenters. The van der Waals surface area contributed by atoms with Crippen LogP contribution in [0.1, 0.15) is 37.5 Å². The number of hydrogen-bond donors (Lipinski definition) is 0. The summed E-state index contributed by atoms with van der Waals surface area (Å²) in [6, 6.07) is 35.6. The molecule has 3 nitrogen and oxygen atoms in total. The second kappa shape index (κ2) is 9.42. The molecular weight excluding hydrogens is 464 g/mol. The molecule has 5 aromatic carbocycles. The smallest absolute Gasteiger partial charge is 0.229 e. The lowest BCUT2D eigenvalue weighted by atomic mass is 9.86. The summed E-state index contributed by atoms with van der Waals surface area (Å²) >= 11 is 0. The van der Waals surface area contributed by atoms with E-state index in [1.165, 1.54) is 21.9 Å². The maximum Gasteiger partial charge on any atom is 0.229 e. The zero-order valence-electron chi connectivity index (χ0n) is 22.2. The van der Waals surface area contributed by atoms with Crippen LogP contribution < -0.4 is 0 Å². The molecule has 0 amide bonds. The van der Waals surface area contributed by atoms with Crippen LogP contribution in [-0.2, 0) is 5.41 Å². The van der Waals surface area contributed by atoms with Crippen molar-refractivity contribution in [1.82, 2.24) is 4.98 Å². The summed E-state index contributed by atoms with van der Waals surface area (Å²) in [4.78, 5) is 9.86. The fraction of sp³-hybridized carbons (Fsp3) is 0.143. The average molecular weight is 495 g/mol. The van der Waals surface area contributed by atoms with E-state index in [0.717, 1.165) is 39.0 Å². The maximum atomic E-state index is 6.32. The minimum absolute atomic E-state index is 0.0838. The summed E-state index contributed by atoms with van der Waals surface area (Å²) in [6.45, 7) is 8.82. The van der Waals surface area contributed by atoms with Crippen molar-refractivity contribution >= 4 is 33.8 Å². The predicted molar refractivity (Wildman–Crippen MR) is 160 cm³/mol. The Balaban J connectivity index is 1.43. The van der Waals surface area contributed by atoms with E-state index in [9.17, 15) is 0 Å². The number of nitrogens with zero attached hydrogens (tertiary/aromatic N) is 2. The SMILES string of the molecule is Cc1ccc(-c2cccc3oc(-c4ccccc4N=Cc4cccc(C(C)(C)C)c4)nc23)c2ccccc12. The largest absolute Gasteiger partial charge is 0.436 e. The molecule has 0 bridgehead atoms. The van der Waals surface area contributed by atoms with Crippen LogP contribution >= 0.6 is 0 Å². The highest BCUT2D eigenvalue weighted by molar-refractivity contribution is 6.04. The first kappa shape index (κ1) is 23.9. The lowest BCUT2D eigenvalue weighted by Crippen LogP contribution is -2.11. The van der Waals surface area contributed by atoms with Gasteiger partial charge in [0.25, 0.3) is 0 Å². The Labute approximate surface area is 223 Å². The van der Waals surface area contributed by atoms with Gasteiger partial charge in [0.15, 0.2) is 5.58 Å². The maximum absolute atomic E-state index is 6.32. The van der Waals surface area contributed by atoms with Gasteiger partial charge in [-0.3, -0.25) is 4.99 Å². The van der Waals surface area contributed by atoms with Crippen molar-refractivity contribution in [2.75, 3.05) is 0 Å². The number of aromatic nitrogens is 1. The summed E-state index contributed by atoms with van der Waals surface area (Å²) in [5, 5.41) is 2.47. The molecule has 0 radical (unpaired) electrons. The van der Waals surface area contributed by atoms with Crippen molar-refractivity contribution in [3.63, 3.8) is 0 Å². The number of fused-ring (bicyclic) bond motifs is 2. The summed E-state index contributed by atoms with van der Waals surface area (Å²) < 4.78 is 6.32. The minimum atomic E-state index is 0.0838. The van der Waals surface area contributed by atoms with Crippen LogP contribution in [0.4, 0.5) is 5.69 Å². The highest BCUT2D eigenvalue weighted by atomic mass is 16.3. The number of aliphatic imine (C=N–C) groups is 1. The van der Waals surface area contributed by atoms with Crippen LogP contribution in [-0.4, -0.2) is 11.2 Å². The molecule has 1 aromatic heterocycles. The van der Waals surface area contributed by atoms with E-state index in [-0.39, 0.29) is 5.41 Å². The number of aryl methyl sites for hydroxylation is 1. The predicted octanol–water partition coefficient (Wildman–Crippen LogP) is 9.67. The number of oxazole rings is 1. The highest BCUT2D eigenvalue weighted by Crippen LogP contribution is 2.38. The van der Waals surface area contributed by atoms with Gasteiger partial charge >= 0.3 is 0 Å². The summed E-state index contributed by atoms with van der Waals surface area (Å²) in [7, 11) is 0. The molecule has 3 heteroatoms. The van der Waals surface area contributed by atoms with E-state index in [1.807, 2.05) is 42.6 Å². The van der Waals surface area contributed by atoms with Crippen molar-refractivity contribution in [3.05, 3.63) is 120 Å². The van der Waals surface area contributed by atoms with E-state index >= 15 is 0 Å². The van der Waals surface area contributed by atoms with Gasteiger partial charge in [-0.25, -0.2) is 4.98 Å². The van der Waals surface area contributed by atoms with Crippen LogP contribution in [0, 0.1) is 6.92 Å². The second-order valence-electron chi connectivity index (χ2n) is 10.8. The van der Waals surface area contributed by atoms with Crippen LogP contribution in [0.15, 0.2) is 113 Å². The van der Waals surface area contributed by atoms with Gasteiger partial charge in [-0.1, -0.05) is 99.6 Å². The van der Waals surface area contributed by atoms with Crippen molar-refractivity contribution in [3.8, 4) is 22.6 Å². The van der Waals surface area contributed by atoms with E-state index in [2.05, 4.69) is 94.4 Å². The third-order valence-electron chi connectivity index (χ3n) is 7.09. The van der Waals surface area contributed by atoms with Crippen molar-refractivity contribution in [2.45, 2.75) is 33.1 Å². The van der Waals surface area contributed by atoms with Crippen molar-refractivity contribution in [2.24, 2.45) is 4.99 Å². The molecule has 0 atom stereocenters. The van der Waals surface area contributed by atoms with E-state index in [4.69, 9.17) is 14.4 Å². The molecule has 0 spiro atoms. The summed E-state index contributed by atoms with van der Waals surface area (Å²) in [5.41, 5.74) is 9.22.